The van der Waals surface area contributed by atoms with E-state index in [0.29, 0.717) is 45.8 Å². The highest BCUT2D eigenvalue weighted by molar-refractivity contribution is 5.91. The van der Waals surface area contributed by atoms with Crippen LogP contribution in [0.15, 0.2) is 60.7 Å². The van der Waals surface area contributed by atoms with Gasteiger partial charge in [-0.3, -0.25) is 4.79 Å². The van der Waals surface area contributed by atoms with Crippen LogP contribution in [0.4, 0.5) is 0 Å². The lowest BCUT2D eigenvalue weighted by molar-refractivity contribution is 0.0940. The van der Waals surface area contributed by atoms with Crippen molar-refractivity contribution in [3.8, 4) is 45.8 Å². The van der Waals surface area contributed by atoms with Gasteiger partial charge < -0.3 is 29.0 Å². The molecular formula is C26H24N4O6. The van der Waals surface area contributed by atoms with Crippen molar-refractivity contribution in [1.29, 1.82) is 0 Å². The van der Waals surface area contributed by atoms with Crippen LogP contribution in [0.25, 0.3) is 17.1 Å². The molecule has 2 heterocycles. The van der Waals surface area contributed by atoms with Crippen LogP contribution in [0.3, 0.4) is 0 Å². The molecular weight excluding hydrogens is 464 g/mol. The molecule has 4 aromatic rings. The SMILES string of the molecule is COc1ccc(-n2nc(C(=O)NCc3ccc4c(c3)OCO4)nc2-c2ccc(OC)c(OC)c2)cc1. The summed E-state index contributed by atoms with van der Waals surface area (Å²) < 4.78 is 28.4. The Hall–Kier alpha value is -4.73. The van der Waals surface area contributed by atoms with Gasteiger partial charge in [0.25, 0.3) is 5.91 Å². The van der Waals surface area contributed by atoms with E-state index in [2.05, 4.69) is 15.4 Å². The average molecular weight is 489 g/mol. The first-order valence-corrected chi connectivity index (χ1v) is 11.1. The van der Waals surface area contributed by atoms with E-state index in [1.165, 1.54) is 0 Å². The molecule has 0 spiro atoms. The smallest absolute Gasteiger partial charge is 0.291 e. The number of carbonyl (C=O) groups is 1. The summed E-state index contributed by atoms with van der Waals surface area (Å²) in [4.78, 5) is 17.6. The van der Waals surface area contributed by atoms with E-state index in [1.54, 1.807) is 38.1 Å². The van der Waals surface area contributed by atoms with Gasteiger partial charge in [0, 0.05) is 12.1 Å². The second-order valence-corrected chi connectivity index (χ2v) is 7.81. The van der Waals surface area contributed by atoms with Crippen molar-refractivity contribution in [2.24, 2.45) is 0 Å². The molecule has 10 heteroatoms. The van der Waals surface area contributed by atoms with E-state index in [0.717, 1.165) is 5.56 Å². The van der Waals surface area contributed by atoms with Gasteiger partial charge in [-0.1, -0.05) is 6.07 Å². The van der Waals surface area contributed by atoms with E-state index in [4.69, 9.17) is 23.7 Å². The standard InChI is InChI=1S/C26H24N4O6/c1-32-19-8-6-18(7-9-19)30-25(17-5-11-20(33-2)22(13-17)34-3)28-24(29-30)26(31)27-14-16-4-10-21-23(12-16)36-15-35-21/h4-13H,14-15H2,1-3H3,(H,27,31). The summed E-state index contributed by atoms with van der Waals surface area (Å²) in [5.41, 5.74) is 2.27. The number of nitrogens with zero attached hydrogens (tertiary/aromatic N) is 3. The Balaban J connectivity index is 1.46. The number of rotatable bonds is 8. The normalized spacial score (nSPS) is 11.8. The molecule has 0 saturated heterocycles. The van der Waals surface area contributed by atoms with Crippen LogP contribution >= 0.6 is 0 Å². The second kappa shape index (κ2) is 9.87. The monoisotopic (exact) mass is 488 g/mol. The van der Waals surface area contributed by atoms with Gasteiger partial charge in [0.05, 0.1) is 27.0 Å². The Kier molecular flexibility index (Phi) is 6.31. The van der Waals surface area contributed by atoms with Crippen LogP contribution in [-0.2, 0) is 6.54 Å². The summed E-state index contributed by atoms with van der Waals surface area (Å²) in [6.07, 6.45) is 0. The van der Waals surface area contributed by atoms with Crippen molar-refractivity contribution >= 4 is 5.91 Å². The Morgan fingerprint density at radius 2 is 1.69 bits per heavy atom. The van der Waals surface area contributed by atoms with Crippen LogP contribution < -0.4 is 29.0 Å². The summed E-state index contributed by atoms with van der Waals surface area (Å²) in [6, 6.07) is 18.2. The van der Waals surface area contributed by atoms with Crippen molar-refractivity contribution in [2.45, 2.75) is 6.54 Å². The quantitative estimate of drug-likeness (QED) is 0.401. The van der Waals surface area contributed by atoms with Crippen LogP contribution in [0.5, 0.6) is 28.7 Å². The minimum absolute atomic E-state index is 0.0244. The number of benzene rings is 3. The first-order chi connectivity index (χ1) is 17.6. The van der Waals surface area contributed by atoms with Crippen molar-refractivity contribution in [3.63, 3.8) is 0 Å². The van der Waals surface area contributed by atoms with Crippen molar-refractivity contribution in [1.82, 2.24) is 20.1 Å². The van der Waals surface area contributed by atoms with Gasteiger partial charge in [0.1, 0.15) is 5.75 Å². The van der Waals surface area contributed by atoms with E-state index < -0.39 is 5.91 Å². The lowest BCUT2D eigenvalue weighted by Gasteiger charge is -2.10. The van der Waals surface area contributed by atoms with E-state index >= 15 is 0 Å². The van der Waals surface area contributed by atoms with Crippen LogP contribution in [0.1, 0.15) is 16.2 Å². The number of aromatic nitrogens is 3. The largest absolute Gasteiger partial charge is 0.497 e. The topological polar surface area (TPSA) is 106 Å². The first-order valence-electron chi connectivity index (χ1n) is 11.1. The Morgan fingerprint density at radius 3 is 2.44 bits per heavy atom. The van der Waals surface area contributed by atoms with Crippen molar-refractivity contribution in [3.05, 3.63) is 72.1 Å². The van der Waals surface area contributed by atoms with Gasteiger partial charge in [-0.15, -0.1) is 5.10 Å². The minimum Gasteiger partial charge on any atom is -0.497 e. The fourth-order valence-corrected chi connectivity index (χ4v) is 3.79. The highest BCUT2D eigenvalue weighted by Crippen LogP contribution is 2.33. The molecule has 5 rings (SSSR count). The Bertz CT molecular complexity index is 1400. The van der Waals surface area contributed by atoms with Gasteiger partial charge in [-0.25, -0.2) is 9.67 Å². The zero-order chi connectivity index (χ0) is 25.1. The number of hydrogen-bond acceptors (Lipinski definition) is 8. The van der Waals surface area contributed by atoms with Crippen LogP contribution in [0, 0.1) is 0 Å². The molecule has 0 unspecified atom stereocenters. The first kappa shape index (κ1) is 23.0. The maximum absolute atomic E-state index is 13.0. The summed E-state index contributed by atoms with van der Waals surface area (Å²) in [7, 11) is 4.73. The number of carbonyl (C=O) groups excluding carboxylic acids is 1. The number of hydrogen-bond donors (Lipinski definition) is 1. The molecule has 0 atom stereocenters. The number of nitrogens with one attached hydrogen (secondary N) is 1. The van der Waals surface area contributed by atoms with E-state index in [-0.39, 0.29) is 19.2 Å². The van der Waals surface area contributed by atoms with Crippen molar-refractivity contribution in [2.75, 3.05) is 28.1 Å². The summed E-state index contributed by atoms with van der Waals surface area (Å²) in [5.74, 6) is 3.23. The predicted octanol–water partition coefficient (Wildman–Crippen LogP) is 3.62. The molecule has 1 aliphatic heterocycles. The van der Waals surface area contributed by atoms with Gasteiger partial charge in [0.2, 0.25) is 12.6 Å². The molecule has 1 aromatic heterocycles. The lowest BCUT2D eigenvalue weighted by atomic mass is 10.2. The third-order valence-electron chi connectivity index (χ3n) is 5.66. The third kappa shape index (κ3) is 4.48. The number of methoxy groups -OCH3 is 3. The molecule has 36 heavy (non-hydrogen) atoms. The summed E-state index contributed by atoms with van der Waals surface area (Å²) in [5, 5.41) is 7.39. The zero-order valence-electron chi connectivity index (χ0n) is 20.0. The number of ether oxygens (including phenoxy) is 5. The third-order valence-corrected chi connectivity index (χ3v) is 5.66. The maximum Gasteiger partial charge on any atom is 0.291 e. The molecule has 0 aliphatic carbocycles. The number of fused-ring (bicyclic) bond motifs is 1. The van der Waals surface area contributed by atoms with Crippen LogP contribution in [-0.4, -0.2) is 48.8 Å². The molecule has 0 fully saturated rings. The van der Waals surface area contributed by atoms with Gasteiger partial charge in [-0.05, 0) is 60.2 Å². The maximum atomic E-state index is 13.0. The second-order valence-electron chi connectivity index (χ2n) is 7.81. The van der Waals surface area contributed by atoms with Crippen molar-refractivity contribution < 1.29 is 28.5 Å². The Labute approximate surface area is 207 Å². The van der Waals surface area contributed by atoms with Crippen LogP contribution in [0.2, 0.25) is 0 Å². The minimum atomic E-state index is -0.415. The summed E-state index contributed by atoms with van der Waals surface area (Å²) >= 11 is 0. The molecule has 3 aromatic carbocycles. The predicted molar refractivity (Wildman–Crippen MR) is 130 cm³/mol. The molecule has 0 radical (unpaired) electrons. The molecule has 0 bridgehead atoms. The molecule has 1 aliphatic rings. The molecule has 184 valence electrons. The fraction of sp³-hybridized carbons (Fsp3) is 0.192. The highest BCUT2D eigenvalue weighted by Gasteiger charge is 2.21. The average Bonchev–Trinajstić information content (AvgIpc) is 3.58. The van der Waals surface area contributed by atoms with Gasteiger partial charge in [-0.2, -0.15) is 0 Å². The molecule has 10 nitrogen and oxygen atoms in total. The zero-order valence-corrected chi connectivity index (χ0v) is 20.0. The fourth-order valence-electron chi connectivity index (χ4n) is 3.79. The lowest BCUT2D eigenvalue weighted by Crippen LogP contribution is -2.24. The number of amides is 1. The van der Waals surface area contributed by atoms with Gasteiger partial charge in [0.15, 0.2) is 28.8 Å². The Morgan fingerprint density at radius 1 is 0.917 bits per heavy atom. The van der Waals surface area contributed by atoms with E-state index in [1.807, 2.05) is 48.5 Å². The molecule has 1 N–H and O–H groups in total. The van der Waals surface area contributed by atoms with Gasteiger partial charge >= 0.3 is 0 Å². The molecule has 1 amide bonds. The molecule has 0 saturated carbocycles. The highest BCUT2D eigenvalue weighted by atomic mass is 16.7. The summed E-state index contributed by atoms with van der Waals surface area (Å²) in [6.45, 7) is 0.467. The van der Waals surface area contributed by atoms with E-state index in [9.17, 15) is 4.79 Å².